The zero-order chi connectivity index (χ0) is 14.0. The lowest BCUT2D eigenvalue weighted by Crippen LogP contribution is -2.16. The maximum Gasteiger partial charge on any atom is 0.0701 e. The molecule has 0 spiro atoms. The maximum absolute atomic E-state index is 5.49. The third kappa shape index (κ3) is 17.8. The van der Waals surface area contributed by atoms with Crippen LogP contribution in [0.15, 0.2) is 0 Å². The molecule has 0 atom stereocenters. The Labute approximate surface area is 119 Å². The summed E-state index contributed by atoms with van der Waals surface area (Å²) in [5.41, 5.74) is 0. The Morgan fingerprint density at radius 2 is 1.16 bits per heavy atom. The molecule has 19 heavy (non-hydrogen) atoms. The summed E-state index contributed by atoms with van der Waals surface area (Å²) in [6.07, 6.45) is 5.83. The molecule has 0 fully saturated rings. The maximum atomic E-state index is 5.49. The molecule has 0 radical (unpaired) electrons. The summed E-state index contributed by atoms with van der Waals surface area (Å²) < 4.78 is 16.3. The van der Waals surface area contributed by atoms with Gasteiger partial charge in [-0.2, -0.15) is 0 Å². The summed E-state index contributed by atoms with van der Waals surface area (Å²) in [4.78, 5) is 0. The third-order valence-corrected chi connectivity index (χ3v) is 2.71. The van der Waals surface area contributed by atoms with Crippen molar-refractivity contribution in [3.63, 3.8) is 0 Å². The number of ether oxygens (including phenoxy) is 3. The molecule has 0 aromatic rings. The second-order valence-electron chi connectivity index (χ2n) is 4.65. The quantitative estimate of drug-likeness (QED) is 0.440. The van der Waals surface area contributed by atoms with Gasteiger partial charge in [0.15, 0.2) is 0 Å². The first-order valence-electron chi connectivity index (χ1n) is 7.85. The fraction of sp³-hybridized carbons (Fsp3) is 1.00. The van der Waals surface area contributed by atoms with Crippen molar-refractivity contribution in [3.05, 3.63) is 0 Å². The van der Waals surface area contributed by atoms with Crippen molar-refractivity contribution in [1.82, 2.24) is 5.32 Å². The van der Waals surface area contributed by atoms with Crippen LogP contribution in [-0.2, 0) is 14.2 Å². The number of hydrogen-bond donors (Lipinski definition) is 1. The van der Waals surface area contributed by atoms with Crippen LogP contribution in [0.3, 0.4) is 0 Å². The summed E-state index contributed by atoms with van der Waals surface area (Å²) in [6, 6.07) is 0. The normalized spacial score (nSPS) is 11.1. The Hall–Kier alpha value is -0.160. The average molecular weight is 275 g/mol. The molecule has 0 aliphatic heterocycles. The molecule has 0 rings (SSSR count). The Kier molecular flexibility index (Phi) is 17.7. The largest absolute Gasteiger partial charge is 0.379 e. The van der Waals surface area contributed by atoms with Gasteiger partial charge in [-0.25, -0.2) is 0 Å². The Balaban J connectivity index is 2.88. The molecule has 0 aromatic carbocycles. The predicted molar refractivity (Wildman–Crippen MR) is 79.8 cm³/mol. The molecule has 0 heterocycles. The highest BCUT2D eigenvalue weighted by molar-refractivity contribution is 4.46. The highest BCUT2D eigenvalue weighted by atomic mass is 16.5. The first-order valence-corrected chi connectivity index (χ1v) is 7.85. The molecule has 4 nitrogen and oxygen atoms in total. The number of hydrogen-bond acceptors (Lipinski definition) is 4. The van der Waals surface area contributed by atoms with Crippen molar-refractivity contribution in [2.24, 2.45) is 0 Å². The zero-order valence-electron chi connectivity index (χ0n) is 12.9. The lowest BCUT2D eigenvalue weighted by Gasteiger charge is -2.07. The fourth-order valence-electron chi connectivity index (χ4n) is 1.54. The van der Waals surface area contributed by atoms with Gasteiger partial charge in [-0.05, 0) is 38.8 Å². The van der Waals surface area contributed by atoms with Gasteiger partial charge in [0.05, 0.1) is 26.4 Å². The van der Waals surface area contributed by atoms with Crippen molar-refractivity contribution in [3.8, 4) is 0 Å². The number of nitrogens with one attached hydrogen (secondary N) is 1. The monoisotopic (exact) mass is 275 g/mol. The molecule has 4 heteroatoms. The van der Waals surface area contributed by atoms with E-state index in [0.717, 1.165) is 39.1 Å². The van der Waals surface area contributed by atoms with Gasteiger partial charge in [-0.1, -0.05) is 20.3 Å². The van der Waals surface area contributed by atoms with Gasteiger partial charge < -0.3 is 19.5 Å². The van der Waals surface area contributed by atoms with Crippen LogP contribution in [0.1, 0.15) is 46.0 Å². The van der Waals surface area contributed by atoms with Crippen molar-refractivity contribution in [1.29, 1.82) is 0 Å². The minimum Gasteiger partial charge on any atom is -0.379 e. The highest BCUT2D eigenvalue weighted by Crippen LogP contribution is 1.90. The van der Waals surface area contributed by atoms with Gasteiger partial charge in [0.1, 0.15) is 0 Å². The molecule has 0 saturated carbocycles. The van der Waals surface area contributed by atoms with E-state index in [9.17, 15) is 0 Å². The van der Waals surface area contributed by atoms with Gasteiger partial charge in [-0.3, -0.25) is 0 Å². The van der Waals surface area contributed by atoms with Gasteiger partial charge in [-0.15, -0.1) is 0 Å². The Morgan fingerprint density at radius 3 is 1.74 bits per heavy atom. The minimum absolute atomic E-state index is 0.672. The van der Waals surface area contributed by atoms with Crippen LogP contribution in [-0.4, -0.2) is 52.7 Å². The SMILES string of the molecule is CCCCOCCOCCOCCCCNCCC. The molecular formula is C15H33NO3. The van der Waals surface area contributed by atoms with E-state index in [1.807, 2.05) is 0 Å². The standard InChI is InChI=1S/C15H33NO3/c1-3-5-10-17-12-14-19-15-13-18-11-7-6-9-16-8-4-2/h16H,3-15H2,1-2H3. The summed E-state index contributed by atoms with van der Waals surface area (Å²) in [6.45, 7) is 11.0. The smallest absolute Gasteiger partial charge is 0.0701 e. The van der Waals surface area contributed by atoms with E-state index in [1.54, 1.807) is 0 Å². The van der Waals surface area contributed by atoms with Crippen LogP contribution < -0.4 is 5.32 Å². The van der Waals surface area contributed by atoms with Crippen molar-refractivity contribution in [2.75, 3.05) is 52.7 Å². The van der Waals surface area contributed by atoms with E-state index in [4.69, 9.17) is 14.2 Å². The predicted octanol–water partition coefficient (Wildman–Crippen LogP) is 2.62. The highest BCUT2D eigenvalue weighted by Gasteiger charge is 1.92. The molecular weight excluding hydrogens is 242 g/mol. The topological polar surface area (TPSA) is 39.7 Å². The van der Waals surface area contributed by atoms with Gasteiger partial charge in [0.2, 0.25) is 0 Å². The Bertz CT molecular complexity index is 140. The van der Waals surface area contributed by atoms with Crippen molar-refractivity contribution in [2.45, 2.75) is 46.0 Å². The van der Waals surface area contributed by atoms with E-state index < -0.39 is 0 Å². The van der Waals surface area contributed by atoms with Crippen molar-refractivity contribution >= 4 is 0 Å². The van der Waals surface area contributed by atoms with E-state index in [0.29, 0.717) is 26.4 Å². The molecule has 0 aliphatic carbocycles. The molecule has 0 aliphatic rings. The van der Waals surface area contributed by atoms with E-state index in [1.165, 1.54) is 19.3 Å². The van der Waals surface area contributed by atoms with Crippen LogP contribution in [0.5, 0.6) is 0 Å². The average Bonchev–Trinajstić information content (AvgIpc) is 2.43. The second kappa shape index (κ2) is 17.8. The first-order chi connectivity index (χ1) is 9.41. The van der Waals surface area contributed by atoms with E-state index >= 15 is 0 Å². The first kappa shape index (κ1) is 18.8. The summed E-state index contributed by atoms with van der Waals surface area (Å²) in [7, 11) is 0. The van der Waals surface area contributed by atoms with E-state index in [-0.39, 0.29) is 0 Å². The van der Waals surface area contributed by atoms with Crippen LogP contribution in [0.4, 0.5) is 0 Å². The van der Waals surface area contributed by atoms with Crippen LogP contribution >= 0.6 is 0 Å². The molecule has 0 unspecified atom stereocenters. The van der Waals surface area contributed by atoms with Crippen molar-refractivity contribution < 1.29 is 14.2 Å². The lowest BCUT2D eigenvalue weighted by molar-refractivity contribution is 0.0135. The van der Waals surface area contributed by atoms with E-state index in [2.05, 4.69) is 19.2 Å². The molecule has 0 saturated heterocycles. The number of unbranched alkanes of at least 4 members (excludes halogenated alkanes) is 2. The fourth-order valence-corrected chi connectivity index (χ4v) is 1.54. The Morgan fingerprint density at radius 1 is 0.579 bits per heavy atom. The lowest BCUT2D eigenvalue weighted by atomic mass is 10.3. The number of rotatable bonds is 16. The molecule has 1 N–H and O–H groups in total. The molecule has 116 valence electrons. The molecule has 0 aromatic heterocycles. The zero-order valence-corrected chi connectivity index (χ0v) is 12.9. The van der Waals surface area contributed by atoms with Gasteiger partial charge >= 0.3 is 0 Å². The van der Waals surface area contributed by atoms with Crippen LogP contribution in [0.2, 0.25) is 0 Å². The molecule has 0 bridgehead atoms. The van der Waals surface area contributed by atoms with Crippen LogP contribution in [0.25, 0.3) is 0 Å². The second-order valence-corrected chi connectivity index (χ2v) is 4.65. The summed E-state index contributed by atoms with van der Waals surface area (Å²) in [5.74, 6) is 0. The third-order valence-electron chi connectivity index (χ3n) is 2.71. The minimum atomic E-state index is 0.672. The summed E-state index contributed by atoms with van der Waals surface area (Å²) in [5, 5.41) is 3.38. The van der Waals surface area contributed by atoms with Crippen LogP contribution in [0, 0.1) is 0 Å². The van der Waals surface area contributed by atoms with Gasteiger partial charge in [0.25, 0.3) is 0 Å². The van der Waals surface area contributed by atoms with Gasteiger partial charge in [0, 0.05) is 13.2 Å². The molecule has 0 amide bonds. The summed E-state index contributed by atoms with van der Waals surface area (Å²) >= 11 is 0.